The van der Waals surface area contributed by atoms with E-state index in [1.54, 1.807) is 6.08 Å². The molecule has 1 fully saturated rings. The molecule has 1 aromatic rings. The monoisotopic (exact) mass is 404 g/mol. The highest BCUT2D eigenvalue weighted by Crippen LogP contribution is 2.35. The van der Waals surface area contributed by atoms with Crippen molar-refractivity contribution in [3.63, 3.8) is 0 Å². The summed E-state index contributed by atoms with van der Waals surface area (Å²) in [4.78, 5) is 0. The lowest BCUT2D eigenvalue weighted by Crippen LogP contribution is -2.47. The van der Waals surface area contributed by atoms with Crippen LogP contribution in [0.4, 0.5) is 0 Å². The van der Waals surface area contributed by atoms with Crippen LogP contribution in [0.25, 0.3) is 0 Å². The number of rotatable bonds is 10. The molecule has 0 aliphatic heterocycles. The van der Waals surface area contributed by atoms with Crippen LogP contribution in [0.1, 0.15) is 45.4 Å². The van der Waals surface area contributed by atoms with E-state index < -0.39 is 10.7 Å². The van der Waals surface area contributed by atoms with Gasteiger partial charge in [-0.15, -0.1) is 18.4 Å². The van der Waals surface area contributed by atoms with Crippen molar-refractivity contribution in [3.8, 4) is 5.75 Å². The van der Waals surface area contributed by atoms with E-state index in [1.807, 2.05) is 36.4 Å². The van der Waals surface area contributed by atoms with Gasteiger partial charge in [-0.3, -0.25) is 0 Å². The summed E-state index contributed by atoms with van der Waals surface area (Å²) in [6, 6.07) is 9.85. The van der Waals surface area contributed by atoms with Crippen LogP contribution in [0.3, 0.4) is 0 Å². The number of hydrogen-bond acceptors (Lipinski definition) is 5. The van der Waals surface area contributed by atoms with E-state index in [4.69, 9.17) is 4.74 Å². The zero-order valence-electron chi connectivity index (χ0n) is 16.5. The van der Waals surface area contributed by atoms with Crippen molar-refractivity contribution >= 4 is 12.6 Å². The van der Waals surface area contributed by atoms with Gasteiger partial charge in [0.25, 0.3) is 0 Å². The summed E-state index contributed by atoms with van der Waals surface area (Å²) in [6.07, 6.45) is 13.7. The fraction of sp³-hybridized carbons (Fsp3) is 0.522. The predicted molar refractivity (Wildman–Crippen MR) is 115 cm³/mol. The van der Waals surface area contributed by atoms with Crippen LogP contribution in [-0.2, 0) is 0 Å². The normalized spacial score (nSPS) is 21.9. The van der Waals surface area contributed by atoms with Gasteiger partial charge in [-0.1, -0.05) is 36.8 Å². The van der Waals surface area contributed by atoms with Crippen molar-refractivity contribution in [2.45, 2.75) is 56.2 Å². The van der Waals surface area contributed by atoms with Gasteiger partial charge in [-0.05, 0) is 68.7 Å². The number of hydrogen-bond donors (Lipinski definition) is 4. The molecule has 0 radical (unpaired) electrons. The van der Waals surface area contributed by atoms with Crippen LogP contribution in [0.15, 0.2) is 60.4 Å². The van der Waals surface area contributed by atoms with E-state index in [-0.39, 0.29) is 6.42 Å². The van der Waals surface area contributed by atoms with Gasteiger partial charge < -0.3 is 20.1 Å². The van der Waals surface area contributed by atoms with Gasteiger partial charge in [0.05, 0.1) is 6.61 Å². The van der Waals surface area contributed by atoms with Gasteiger partial charge in [0.15, 0.2) is 0 Å². The van der Waals surface area contributed by atoms with E-state index in [9.17, 15) is 15.3 Å². The van der Waals surface area contributed by atoms with Crippen LogP contribution in [0, 0.1) is 11.8 Å². The van der Waals surface area contributed by atoms with Gasteiger partial charge in [-0.25, -0.2) is 0 Å². The Morgan fingerprint density at radius 3 is 2.64 bits per heavy atom. The standard InChI is InChI=1S/C23H32O4S/c1-22(24,23(25,26)28)17-8-3-4-11-19-13-10-14-20(19)12-7-9-18-27-21-15-5-2-6-16-21/h2,4-8,12,15-16,19-20,24-26,28H,9-11,13-14,17-18H2,1H3/b12-7+/t3?,19-,20-,22?/m0/s1. The Labute approximate surface area is 173 Å². The van der Waals surface area contributed by atoms with Crippen LogP contribution in [-0.4, -0.2) is 32.6 Å². The van der Waals surface area contributed by atoms with Crippen LogP contribution in [0.5, 0.6) is 5.75 Å². The molecule has 5 heteroatoms. The van der Waals surface area contributed by atoms with E-state index in [1.165, 1.54) is 26.2 Å². The summed E-state index contributed by atoms with van der Waals surface area (Å²) in [5, 5.41) is 26.3. The Bertz CT molecular complexity index is 670. The molecule has 0 amide bonds. The summed E-state index contributed by atoms with van der Waals surface area (Å²) in [5.41, 5.74) is 1.32. The fourth-order valence-corrected chi connectivity index (χ4v) is 3.43. The number of aliphatic hydroxyl groups is 3. The molecule has 3 atom stereocenters. The maximum Gasteiger partial charge on any atom is 0.240 e. The molecule has 1 aliphatic carbocycles. The molecule has 1 aliphatic rings. The van der Waals surface area contributed by atoms with Crippen molar-refractivity contribution in [1.82, 2.24) is 0 Å². The molecule has 0 spiro atoms. The highest BCUT2D eigenvalue weighted by molar-refractivity contribution is 7.81. The first-order valence-electron chi connectivity index (χ1n) is 9.93. The average molecular weight is 405 g/mol. The SMILES string of the molecule is CC(O)(CC=C=CC[C@H]1CCC[C@@H]1/C=C/CCOc1ccccc1)C(O)(O)S. The predicted octanol–water partition coefficient (Wildman–Crippen LogP) is 4.24. The Morgan fingerprint density at radius 1 is 1.18 bits per heavy atom. The molecule has 0 aromatic heterocycles. The lowest BCUT2D eigenvalue weighted by atomic mass is 9.92. The molecule has 0 bridgehead atoms. The van der Waals surface area contributed by atoms with Gasteiger partial charge in [-0.2, -0.15) is 0 Å². The topological polar surface area (TPSA) is 69.9 Å². The van der Waals surface area contributed by atoms with Crippen LogP contribution < -0.4 is 4.74 Å². The Balaban J connectivity index is 1.72. The van der Waals surface area contributed by atoms with Crippen molar-refractivity contribution in [2.24, 2.45) is 11.8 Å². The molecule has 1 saturated carbocycles. The zero-order valence-corrected chi connectivity index (χ0v) is 17.4. The molecule has 3 N–H and O–H groups in total. The third-order valence-electron chi connectivity index (χ3n) is 5.28. The minimum absolute atomic E-state index is 0.0649. The zero-order chi connectivity index (χ0) is 20.5. The molecule has 1 aromatic carbocycles. The summed E-state index contributed by atoms with van der Waals surface area (Å²) in [5.74, 6) is 2.09. The first kappa shape index (κ1) is 22.8. The largest absolute Gasteiger partial charge is 0.493 e. The first-order chi connectivity index (χ1) is 13.3. The second-order valence-electron chi connectivity index (χ2n) is 7.66. The molecule has 4 nitrogen and oxygen atoms in total. The molecule has 0 heterocycles. The van der Waals surface area contributed by atoms with Gasteiger partial charge in [0.1, 0.15) is 11.4 Å². The third-order valence-corrected chi connectivity index (χ3v) is 5.76. The maximum atomic E-state index is 9.94. The Hall–Kier alpha value is -1.49. The molecule has 28 heavy (non-hydrogen) atoms. The fourth-order valence-electron chi connectivity index (χ4n) is 3.34. The summed E-state index contributed by atoms with van der Waals surface area (Å²) >= 11 is 3.60. The number of para-hydroxylation sites is 1. The highest BCUT2D eigenvalue weighted by atomic mass is 32.1. The number of ether oxygens (including phenoxy) is 1. The van der Waals surface area contributed by atoms with Gasteiger partial charge in [0, 0.05) is 6.42 Å². The van der Waals surface area contributed by atoms with Gasteiger partial charge in [0.2, 0.25) is 5.12 Å². The first-order valence-corrected chi connectivity index (χ1v) is 10.4. The Morgan fingerprint density at radius 2 is 1.93 bits per heavy atom. The molecule has 2 rings (SSSR count). The average Bonchev–Trinajstić information content (AvgIpc) is 3.08. The lowest BCUT2D eigenvalue weighted by Gasteiger charge is -2.31. The molecule has 154 valence electrons. The second kappa shape index (κ2) is 10.9. The number of allylic oxidation sites excluding steroid dienone is 1. The van der Waals surface area contributed by atoms with Crippen molar-refractivity contribution in [1.29, 1.82) is 0 Å². The lowest BCUT2D eigenvalue weighted by molar-refractivity contribution is -0.200. The van der Waals surface area contributed by atoms with E-state index in [0.29, 0.717) is 18.4 Å². The highest BCUT2D eigenvalue weighted by Gasteiger charge is 2.40. The third kappa shape index (κ3) is 7.50. The Kier molecular flexibility index (Phi) is 8.87. The van der Waals surface area contributed by atoms with Gasteiger partial charge >= 0.3 is 0 Å². The van der Waals surface area contributed by atoms with Crippen molar-refractivity contribution in [2.75, 3.05) is 6.61 Å². The number of thiol groups is 1. The molecular formula is C23H32O4S. The minimum Gasteiger partial charge on any atom is -0.493 e. The van der Waals surface area contributed by atoms with Crippen molar-refractivity contribution < 1.29 is 20.1 Å². The molecule has 0 saturated heterocycles. The second-order valence-corrected chi connectivity index (χ2v) is 8.28. The molecular weight excluding hydrogens is 372 g/mol. The maximum absolute atomic E-state index is 9.94. The van der Waals surface area contributed by atoms with Crippen LogP contribution in [0.2, 0.25) is 0 Å². The summed E-state index contributed by atoms with van der Waals surface area (Å²) in [7, 11) is 0. The molecule has 1 unspecified atom stereocenters. The van der Waals surface area contributed by atoms with Crippen LogP contribution >= 0.6 is 12.6 Å². The quantitative estimate of drug-likeness (QED) is 0.155. The van der Waals surface area contributed by atoms with E-state index in [0.717, 1.165) is 18.6 Å². The summed E-state index contributed by atoms with van der Waals surface area (Å²) < 4.78 is 5.71. The van der Waals surface area contributed by atoms with E-state index >= 15 is 0 Å². The smallest absolute Gasteiger partial charge is 0.240 e. The van der Waals surface area contributed by atoms with E-state index in [2.05, 4.69) is 30.5 Å². The number of benzene rings is 1. The minimum atomic E-state index is -2.43. The van der Waals surface area contributed by atoms with Crippen molar-refractivity contribution in [3.05, 3.63) is 60.4 Å². The summed E-state index contributed by atoms with van der Waals surface area (Å²) in [6.45, 7) is 2.01.